The summed E-state index contributed by atoms with van der Waals surface area (Å²) in [6.45, 7) is 1.67. The highest BCUT2D eigenvalue weighted by molar-refractivity contribution is 7.91. The van der Waals surface area contributed by atoms with Crippen LogP contribution in [0.25, 0.3) is 22.4 Å². The highest BCUT2D eigenvalue weighted by Gasteiger charge is 2.36. The van der Waals surface area contributed by atoms with Crippen molar-refractivity contribution in [2.45, 2.75) is 31.5 Å². The van der Waals surface area contributed by atoms with Crippen LogP contribution < -0.4 is 10.6 Å². The van der Waals surface area contributed by atoms with Crippen molar-refractivity contribution in [3.05, 3.63) is 95.9 Å². The number of rotatable bonds is 10. The fraction of sp³-hybridized carbons (Fsp3) is 0.333. The molecule has 2 fully saturated rings. The van der Waals surface area contributed by atoms with Gasteiger partial charge in [-0.15, -0.1) is 0 Å². The summed E-state index contributed by atoms with van der Waals surface area (Å²) >= 11 is 0. The van der Waals surface area contributed by atoms with Crippen molar-refractivity contribution in [1.82, 2.24) is 25.1 Å². The van der Waals surface area contributed by atoms with E-state index in [0.29, 0.717) is 49.7 Å². The Morgan fingerprint density at radius 1 is 0.940 bits per heavy atom. The van der Waals surface area contributed by atoms with Crippen molar-refractivity contribution in [3.63, 3.8) is 0 Å². The lowest BCUT2D eigenvalue weighted by Crippen LogP contribution is -2.50. The van der Waals surface area contributed by atoms with Gasteiger partial charge < -0.3 is 30.4 Å². The molecule has 4 N–H and O–H groups in total. The van der Waals surface area contributed by atoms with E-state index in [1.54, 1.807) is 23.2 Å². The normalized spacial score (nSPS) is 18.0. The number of imidazole rings is 1. The van der Waals surface area contributed by atoms with E-state index < -0.39 is 34.5 Å². The minimum Gasteiger partial charge on any atom is -0.453 e. The van der Waals surface area contributed by atoms with Gasteiger partial charge in [0.15, 0.2) is 9.84 Å². The number of aliphatic hydroxyl groups excluding tert-OH is 1. The molecule has 1 aromatic heterocycles. The van der Waals surface area contributed by atoms with Crippen molar-refractivity contribution >= 4 is 33.4 Å². The predicted molar refractivity (Wildman–Crippen MR) is 188 cm³/mol. The van der Waals surface area contributed by atoms with Gasteiger partial charge >= 0.3 is 6.09 Å². The first-order valence-electron chi connectivity index (χ1n) is 16.5. The zero-order valence-corrected chi connectivity index (χ0v) is 28.5. The minimum absolute atomic E-state index is 0.192. The molecule has 50 heavy (non-hydrogen) atoms. The number of aliphatic hydroxyl groups is 1. The van der Waals surface area contributed by atoms with Gasteiger partial charge in [-0.3, -0.25) is 14.5 Å². The van der Waals surface area contributed by atoms with Crippen LogP contribution in [0.5, 0.6) is 0 Å². The van der Waals surface area contributed by atoms with E-state index in [0.717, 1.165) is 34.4 Å². The summed E-state index contributed by atoms with van der Waals surface area (Å²) < 4.78 is 27.9. The highest BCUT2D eigenvalue weighted by Crippen LogP contribution is 2.32. The number of H-pyrrole nitrogens is 1. The van der Waals surface area contributed by atoms with Crippen molar-refractivity contribution in [1.29, 1.82) is 0 Å². The van der Waals surface area contributed by atoms with E-state index >= 15 is 0 Å². The lowest BCUT2D eigenvalue weighted by molar-refractivity contribution is -0.135. The third-order valence-electron chi connectivity index (χ3n) is 9.14. The van der Waals surface area contributed by atoms with Crippen molar-refractivity contribution in [2.75, 3.05) is 50.2 Å². The standard InChI is InChI=1S/C36H40N6O7S/c1-49-36(46)40-31(23-43)35(45)42-16-2-3-32(42)33-37-21-30(39-33)27-10-6-25(7-11-27)26-8-12-28(13-9-26)34(44)38-29-14-4-24(5-15-29)22-41-17-19-50(47,48)20-18-41/h4-15,21,31-32,43H,2-3,16-20,22-23H2,1H3,(H,37,39)(H,38,44)(H,40,46)/t31-,32+/m1/s1. The summed E-state index contributed by atoms with van der Waals surface area (Å²) in [6, 6.07) is 21.5. The summed E-state index contributed by atoms with van der Waals surface area (Å²) in [6.07, 6.45) is 2.41. The monoisotopic (exact) mass is 700 g/mol. The van der Waals surface area contributed by atoms with Crippen molar-refractivity contribution < 1.29 is 32.6 Å². The maximum absolute atomic E-state index is 13.1. The first kappa shape index (κ1) is 34.8. The molecule has 3 aromatic carbocycles. The molecule has 0 spiro atoms. The van der Waals surface area contributed by atoms with Gasteiger partial charge in [-0.05, 0) is 59.4 Å². The second kappa shape index (κ2) is 15.2. The average molecular weight is 701 g/mol. The molecule has 0 bridgehead atoms. The van der Waals surface area contributed by atoms with Gasteiger partial charge in [-0.1, -0.05) is 48.5 Å². The lowest BCUT2D eigenvalue weighted by Gasteiger charge is -2.27. The Balaban J connectivity index is 1.04. The van der Waals surface area contributed by atoms with Gasteiger partial charge in [0.1, 0.15) is 11.9 Å². The fourth-order valence-electron chi connectivity index (χ4n) is 6.27. The summed E-state index contributed by atoms with van der Waals surface area (Å²) in [5, 5.41) is 15.0. The van der Waals surface area contributed by atoms with Gasteiger partial charge in [0.25, 0.3) is 5.91 Å². The number of nitrogens with zero attached hydrogens (tertiary/aromatic N) is 3. The number of hydrogen-bond acceptors (Lipinski definition) is 9. The first-order chi connectivity index (χ1) is 24.1. The molecular weight excluding hydrogens is 660 g/mol. The predicted octanol–water partition coefficient (Wildman–Crippen LogP) is 3.61. The number of alkyl carbamates (subject to hydrolysis) is 1. The summed E-state index contributed by atoms with van der Waals surface area (Å²) in [7, 11) is -1.72. The highest BCUT2D eigenvalue weighted by atomic mass is 32.2. The smallest absolute Gasteiger partial charge is 0.407 e. The number of anilines is 1. The number of sulfone groups is 1. The van der Waals surface area contributed by atoms with Crippen LogP contribution in [0, 0.1) is 0 Å². The number of benzene rings is 3. The zero-order chi connectivity index (χ0) is 35.3. The van der Waals surface area contributed by atoms with Crippen LogP contribution in [-0.2, 0) is 25.9 Å². The molecule has 2 atom stereocenters. The number of likely N-dealkylation sites (tertiary alicyclic amines) is 1. The average Bonchev–Trinajstić information content (AvgIpc) is 3.83. The van der Waals surface area contributed by atoms with Gasteiger partial charge in [-0.25, -0.2) is 18.2 Å². The number of amides is 3. The Morgan fingerprint density at radius 2 is 1.58 bits per heavy atom. The maximum Gasteiger partial charge on any atom is 0.407 e. The van der Waals surface area contributed by atoms with Crippen LogP contribution in [0.1, 0.15) is 40.6 Å². The number of aromatic amines is 1. The molecule has 0 aliphatic carbocycles. The van der Waals surface area contributed by atoms with Crippen LogP contribution >= 0.6 is 0 Å². The van der Waals surface area contributed by atoms with Gasteiger partial charge in [-0.2, -0.15) is 0 Å². The fourth-order valence-corrected chi connectivity index (χ4v) is 7.55. The van der Waals surface area contributed by atoms with Crippen LogP contribution in [0.3, 0.4) is 0 Å². The number of methoxy groups -OCH3 is 1. The third-order valence-corrected chi connectivity index (χ3v) is 10.7. The SMILES string of the molecule is COC(=O)N[C@H](CO)C(=O)N1CCC[C@H]1c1ncc(-c2ccc(-c3ccc(C(=O)Nc4ccc(CN5CCS(=O)(=O)CC5)cc4)cc3)cc2)[nH]1. The van der Waals surface area contributed by atoms with Crippen LogP contribution in [0.2, 0.25) is 0 Å². The molecule has 0 unspecified atom stereocenters. The Hall–Kier alpha value is -5.05. The quantitative estimate of drug-likeness (QED) is 0.193. The third kappa shape index (κ3) is 8.21. The Morgan fingerprint density at radius 3 is 2.22 bits per heavy atom. The molecule has 2 aliphatic rings. The van der Waals surface area contributed by atoms with E-state index in [4.69, 9.17) is 0 Å². The molecule has 13 nitrogen and oxygen atoms in total. The topological polar surface area (TPSA) is 174 Å². The number of aromatic nitrogens is 2. The molecule has 2 aliphatic heterocycles. The Kier molecular flexibility index (Phi) is 10.6. The minimum atomic E-state index is -2.91. The molecule has 14 heteroatoms. The second-order valence-electron chi connectivity index (χ2n) is 12.5. The molecular formula is C36H40N6O7S. The Bertz CT molecular complexity index is 1910. The van der Waals surface area contributed by atoms with E-state index in [9.17, 15) is 27.9 Å². The molecule has 2 saturated heterocycles. The van der Waals surface area contributed by atoms with Gasteiger partial charge in [0, 0.05) is 37.4 Å². The first-order valence-corrected chi connectivity index (χ1v) is 18.3. The van der Waals surface area contributed by atoms with Gasteiger partial charge in [0.2, 0.25) is 5.91 Å². The van der Waals surface area contributed by atoms with E-state index in [2.05, 4.69) is 30.2 Å². The molecule has 3 amide bonds. The number of hydrogen-bond donors (Lipinski definition) is 4. The molecule has 6 rings (SSSR count). The van der Waals surface area contributed by atoms with E-state index in [1.807, 2.05) is 60.7 Å². The van der Waals surface area contributed by atoms with Crippen molar-refractivity contribution in [2.24, 2.45) is 0 Å². The summed E-state index contributed by atoms with van der Waals surface area (Å²) in [4.78, 5) is 49.3. The van der Waals surface area contributed by atoms with Gasteiger partial charge in [0.05, 0.1) is 43.2 Å². The second-order valence-corrected chi connectivity index (χ2v) is 14.8. The summed E-state index contributed by atoms with van der Waals surface area (Å²) in [5.41, 5.74) is 5.89. The number of nitrogens with one attached hydrogen (secondary N) is 3. The lowest BCUT2D eigenvalue weighted by atomic mass is 10.0. The molecule has 0 saturated carbocycles. The van der Waals surface area contributed by atoms with Crippen LogP contribution in [0.15, 0.2) is 79.0 Å². The molecule has 3 heterocycles. The van der Waals surface area contributed by atoms with Crippen molar-refractivity contribution in [3.8, 4) is 22.4 Å². The van der Waals surface area contributed by atoms with Crippen LogP contribution in [0.4, 0.5) is 10.5 Å². The Labute approximate surface area is 290 Å². The number of carbonyl (C=O) groups excluding carboxylic acids is 3. The van der Waals surface area contributed by atoms with E-state index in [-0.39, 0.29) is 23.5 Å². The molecule has 0 radical (unpaired) electrons. The molecule has 262 valence electrons. The van der Waals surface area contributed by atoms with Crippen LogP contribution in [-0.4, -0.2) is 102 Å². The molecule has 4 aromatic rings. The number of ether oxygens (including phenoxy) is 1. The maximum atomic E-state index is 13.1. The van der Waals surface area contributed by atoms with E-state index in [1.165, 1.54) is 7.11 Å². The number of carbonyl (C=O) groups is 3. The summed E-state index contributed by atoms with van der Waals surface area (Å²) in [5.74, 6) is 0.401. The zero-order valence-electron chi connectivity index (χ0n) is 27.7. The largest absolute Gasteiger partial charge is 0.453 e.